The highest BCUT2D eigenvalue weighted by molar-refractivity contribution is 5.78. The molecule has 1 aromatic rings. The molecule has 1 saturated carbocycles. The van der Waals surface area contributed by atoms with Gasteiger partial charge in [-0.1, -0.05) is 18.6 Å². The molecule has 1 heterocycles. The number of nitrogens with zero attached hydrogens (tertiary/aromatic N) is 2. The van der Waals surface area contributed by atoms with Crippen LogP contribution in [0.15, 0.2) is 24.3 Å². The number of ether oxygens (including phenoxy) is 2. The third kappa shape index (κ3) is 3.53. The highest BCUT2D eigenvalue weighted by atomic mass is 16.5. The molecule has 2 aliphatic rings. The highest BCUT2D eigenvalue weighted by Crippen LogP contribution is 2.32. The molecule has 24 heavy (non-hydrogen) atoms. The summed E-state index contributed by atoms with van der Waals surface area (Å²) in [7, 11) is 0. The van der Waals surface area contributed by atoms with Crippen LogP contribution < -0.4 is 4.74 Å². The van der Waals surface area contributed by atoms with Crippen LogP contribution in [-0.2, 0) is 9.53 Å². The van der Waals surface area contributed by atoms with Crippen LogP contribution in [0.1, 0.15) is 24.8 Å². The monoisotopic (exact) mass is 330 g/mol. The number of carbonyl (C=O) groups is 1. The van der Waals surface area contributed by atoms with Crippen molar-refractivity contribution in [3.63, 3.8) is 0 Å². The number of para-hydroxylation sites is 1. The summed E-state index contributed by atoms with van der Waals surface area (Å²) in [5, 5.41) is 19.2. The maximum absolute atomic E-state index is 12.6. The molecule has 2 fully saturated rings. The first-order valence-corrected chi connectivity index (χ1v) is 8.38. The third-order valence-corrected chi connectivity index (χ3v) is 4.87. The van der Waals surface area contributed by atoms with E-state index in [-0.39, 0.29) is 30.6 Å². The first kappa shape index (κ1) is 16.7. The maximum Gasteiger partial charge on any atom is 0.260 e. The van der Waals surface area contributed by atoms with Crippen LogP contribution in [0.5, 0.6) is 5.75 Å². The van der Waals surface area contributed by atoms with Crippen LogP contribution in [-0.4, -0.2) is 54.4 Å². The summed E-state index contributed by atoms with van der Waals surface area (Å²) in [6.45, 7) is 1.36. The van der Waals surface area contributed by atoms with Crippen molar-refractivity contribution in [2.75, 3.05) is 26.4 Å². The SMILES string of the molecule is N#Cc1ccccc1OCC(=O)N1CCOCC1C1CCCC1O. The lowest BCUT2D eigenvalue weighted by atomic mass is 9.94. The van der Waals surface area contributed by atoms with Gasteiger partial charge in [0.15, 0.2) is 6.61 Å². The van der Waals surface area contributed by atoms with Crippen molar-refractivity contribution < 1.29 is 19.4 Å². The lowest BCUT2D eigenvalue weighted by Crippen LogP contribution is -2.54. The summed E-state index contributed by atoms with van der Waals surface area (Å²) in [5.74, 6) is 0.356. The maximum atomic E-state index is 12.6. The number of hydrogen-bond donors (Lipinski definition) is 1. The van der Waals surface area contributed by atoms with E-state index in [1.807, 2.05) is 0 Å². The Balaban J connectivity index is 1.65. The molecule has 0 aromatic heterocycles. The fourth-order valence-electron chi connectivity index (χ4n) is 3.61. The number of benzene rings is 1. The normalized spacial score (nSPS) is 26.8. The van der Waals surface area contributed by atoms with E-state index in [0.29, 0.717) is 31.1 Å². The van der Waals surface area contributed by atoms with Crippen LogP contribution in [0.2, 0.25) is 0 Å². The van der Waals surface area contributed by atoms with E-state index in [4.69, 9.17) is 14.7 Å². The van der Waals surface area contributed by atoms with Gasteiger partial charge in [0.25, 0.3) is 5.91 Å². The molecule has 0 bridgehead atoms. The van der Waals surface area contributed by atoms with E-state index in [2.05, 4.69) is 6.07 Å². The first-order chi connectivity index (χ1) is 11.7. The third-order valence-electron chi connectivity index (χ3n) is 4.87. The molecule has 128 valence electrons. The van der Waals surface area contributed by atoms with Gasteiger partial charge in [0, 0.05) is 12.5 Å². The van der Waals surface area contributed by atoms with Crippen molar-refractivity contribution in [2.45, 2.75) is 31.4 Å². The molecule has 1 N–H and O–H groups in total. The second-order valence-electron chi connectivity index (χ2n) is 6.29. The number of rotatable bonds is 4. The standard InChI is InChI=1S/C18H22N2O4/c19-10-13-4-1-2-7-17(13)24-12-18(22)20-8-9-23-11-15(20)14-5-3-6-16(14)21/h1-2,4,7,14-16,21H,3,5-6,8-9,11-12H2. The molecule has 6 heteroatoms. The minimum atomic E-state index is -0.368. The second kappa shape index (κ2) is 7.65. The Kier molecular flexibility index (Phi) is 5.34. The van der Waals surface area contributed by atoms with Gasteiger partial charge in [0.05, 0.1) is 30.9 Å². The van der Waals surface area contributed by atoms with Gasteiger partial charge in [-0.2, -0.15) is 5.26 Å². The zero-order chi connectivity index (χ0) is 16.9. The van der Waals surface area contributed by atoms with Gasteiger partial charge in [-0.25, -0.2) is 0 Å². The van der Waals surface area contributed by atoms with Crippen molar-refractivity contribution in [2.24, 2.45) is 5.92 Å². The Morgan fingerprint density at radius 3 is 3.00 bits per heavy atom. The van der Waals surface area contributed by atoms with Crippen LogP contribution in [0.4, 0.5) is 0 Å². The van der Waals surface area contributed by atoms with Crippen LogP contribution in [0, 0.1) is 17.2 Å². The largest absolute Gasteiger partial charge is 0.482 e. The second-order valence-corrected chi connectivity index (χ2v) is 6.29. The fourth-order valence-corrected chi connectivity index (χ4v) is 3.61. The Hall–Kier alpha value is -2.10. The molecule has 0 spiro atoms. The smallest absolute Gasteiger partial charge is 0.260 e. The van der Waals surface area contributed by atoms with E-state index in [9.17, 15) is 9.90 Å². The van der Waals surface area contributed by atoms with Crippen LogP contribution in [0.3, 0.4) is 0 Å². The quantitative estimate of drug-likeness (QED) is 0.900. The molecule has 3 atom stereocenters. The van der Waals surface area contributed by atoms with Crippen LogP contribution >= 0.6 is 0 Å². The van der Waals surface area contributed by atoms with E-state index in [1.54, 1.807) is 29.2 Å². The molecule has 1 aromatic carbocycles. The van der Waals surface area contributed by atoms with E-state index in [1.165, 1.54) is 0 Å². The summed E-state index contributed by atoms with van der Waals surface area (Å²) >= 11 is 0. The molecule has 3 unspecified atom stereocenters. The lowest BCUT2D eigenvalue weighted by Gasteiger charge is -2.40. The van der Waals surface area contributed by atoms with E-state index in [0.717, 1.165) is 19.3 Å². The van der Waals surface area contributed by atoms with E-state index >= 15 is 0 Å². The zero-order valence-electron chi connectivity index (χ0n) is 13.6. The van der Waals surface area contributed by atoms with Crippen molar-refractivity contribution in [1.82, 2.24) is 4.90 Å². The lowest BCUT2D eigenvalue weighted by molar-refractivity contribution is -0.146. The van der Waals surface area contributed by atoms with Gasteiger partial charge in [0.1, 0.15) is 11.8 Å². The minimum absolute atomic E-state index is 0.0700. The van der Waals surface area contributed by atoms with Gasteiger partial charge in [-0.05, 0) is 25.0 Å². The molecule has 6 nitrogen and oxygen atoms in total. The molecule has 1 aliphatic heterocycles. The Morgan fingerprint density at radius 2 is 2.25 bits per heavy atom. The average Bonchev–Trinajstić information content (AvgIpc) is 3.05. The first-order valence-electron chi connectivity index (χ1n) is 8.38. The van der Waals surface area contributed by atoms with Crippen molar-refractivity contribution in [3.8, 4) is 11.8 Å². The zero-order valence-corrected chi connectivity index (χ0v) is 13.6. The van der Waals surface area contributed by atoms with Crippen molar-refractivity contribution >= 4 is 5.91 Å². The number of morpholine rings is 1. The Labute approximate surface area is 141 Å². The Morgan fingerprint density at radius 1 is 1.42 bits per heavy atom. The highest BCUT2D eigenvalue weighted by Gasteiger charge is 2.39. The van der Waals surface area contributed by atoms with E-state index < -0.39 is 0 Å². The van der Waals surface area contributed by atoms with Gasteiger partial charge >= 0.3 is 0 Å². The molecule has 1 amide bonds. The number of aliphatic hydroxyl groups is 1. The summed E-state index contributed by atoms with van der Waals surface area (Å²) in [6.07, 6.45) is 2.31. The fraction of sp³-hybridized carbons (Fsp3) is 0.556. The number of nitriles is 1. The minimum Gasteiger partial charge on any atom is -0.482 e. The summed E-state index contributed by atoms with van der Waals surface area (Å²) in [6, 6.07) is 8.83. The average molecular weight is 330 g/mol. The number of carbonyl (C=O) groups excluding carboxylic acids is 1. The van der Waals surface area contributed by atoms with Crippen LogP contribution in [0.25, 0.3) is 0 Å². The number of hydrogen-bond acceptors (Lipinski definition) is 5. The molecule has 1 aliphatic carbocycles. The van der Waals surface area contributed by atoms with Gasteiger partial charge < -0.3 is 19.5 Å². The predicted molar refractivity (Wildman–Crippen MR) is 86.3 cm³/mol. The Bertz CT molecular complexity index is 628. The molecule has 3 rings (SSSR count). The number of amides is 1. The summed E-state index contributed by atoms with van der Waals surface area (Å²) in [4.78, 5) is 14.4. The molecule has 0 radical (unpaired) electrons. The summed E-state index contributed by atoms with van der Waals surface area (Å²) < 4.78 is 11.1. The molecule has 1 saturated heterocycles. The topological polar surface area (TPSA) is 82.8 Å². The summed E-state index contributed by atoms with van der Waals surface area (Å²) in [5.41, 5.74) is 0.412. The van der Waals surface area contributed by atoms with Gasteiger partial charge in [0.2, 0.25) is 0 Å². The predicted octanol–water partition coefficient (Wildman–Crippen LogP) is 1.33. The molecular weight excluding hydrogens is 308 g/mol. The number of aliphatic hydroxyl groups excluding tert-OH is 1. The van der Waals surface area contributed by atoms with Crippen molar-refractivity contribution in [1.29, 1.82) is 5.26 Å². The van der Waals surface area contributed by atoms with Gasteiger partial charge in [-0.3, -0.25) is 4.79 Å². The van der Waals surface area contributed by atoms with Crippen molar-refractivity contribution in [3.05, 3.63) is 29.8 Å². The molecular formula is C18H22N2O4. The van der Waals surface area contributed by atoms with Gasteiger partial charge in [-0.15, -0.1) is 0 Å².